The van der Waals surface area contributed by atoms with E-state index in [1.54, 1.807) is 12.1 Å². The maximum atomic E-state index is 12.4. The number of carbonyl (C=O) groups excluding carboxylic acids is 1. The fourth-order valence-corrected chi connectivity index (χ4v) is 4.47. The molecule has 0 bridgehead atoms. The molecule has 1 heterocycles. The fourth-order valence-electron chi connectivity index (χ4n) is 2.74. The van der Waals surface area contributed by atoms with Crippen LogP contribution in [0.2, 0.25) is 5.02 Å². The molecule has 0 atom stereocenters. The third-order valence-corrected chi connectivity index (χ3v) is 6.32. The summed E-state index contributed by atoms with van der Waals surface area (Å²) in [5, 5.41) is 3.51. The van der Waals surface area contributed by atoms with Crippen LogP contribution in [-0.4, -0.2) is 41.9 Å². The van der Waals surface area contributed by atoms with Crippen LogP contribution in [0.5, 0.6) is 0 Å². The Morgan fingerprint density at radius 3 is 2.60 bits per heavy atom. The van der Waals surface area contributed by atoms with Gasteiger partial charge in [0.1, 0.15) is 0 Å². The first-order valence-electron chi connectivity index (χ1n) is 8.27. The van der Waals surface area contributed by atoms with Crippen LogP contribution in [0.25, 0.3) is 0 Å². The van der Waals surface area contributed by atoms with E-state index in [0.717, 1.165) is 22.2 Å². The monoisotopic (exact) mass is 486 g/mol. The van der Waals surface area contributed by atoms with E-state index in [0.29, 0.717) is 10.6 Å². The molecular formula is C19H20ClIN2OS. The summed E-state index contributed by atoms with van der Waals surface area (Å²) < 4.78 is 0.885. The summed E-state index contributed by atoms with van der Waals surface area (Å²) in [5.74, 6) is 2.35. The lowest BCUT2D eigenvalue weighted by Crippen LogP contribution is -2.34. The van der Waals surface area contributed by atoms with Gasteiger partial charge in [-0.15, -0.1) is 0 Å². The van der Waals surface area contributed by atoms with Gasteiger partial charge in [-0.25, -0.2) is 0 Å². The number of halogens is 2. The summed E-state index contributed by atoms with van der Waals surface area (Å²) in [6, 6.07) is 13.5. The van der Waals surface area contributed by atoms with Crippen LogP contribution in [0.15, 0.2) is 42.5 Å². The molecule has 0 unspecified atom stereocenters. The third-order valence-electron chi connectivity index (χ3n) is 4.21. The molecule has 1 fully saturated rings. The van der Waals surface area contributed by atoms with E-state index < -0.39 is 0 Å². The van der Waals surface area contributed by atoms with E-state index in [1.165, 1.54) is 30.2 Å². The Morgan fingerprint density at radius 2 is 1.88 bits per heavy atom. The molecule has 0 saturated carbocycles. The van der Waals surface area contributed by atoms with E-state index in [-0.39, 0.29) is 5.91 Å². The van der Waals surface area contributed by atoms with Crippen molar-refractivity contribution >= 4 is 57.5 Å². The van der Waals surface area contributed by atoms with E-state index in [1.807, 2.05) is 30.0 Å². The zero-order chi connectivity index (χ0) is 17.6. The maximum Gasteiger partial charge on any atom is 0.256 e. The van der Waals surface area contributed by atoms with Gasteiger partial charge < -0.3 is 10.2 Å². The Hall–Kier alpha value is -0.760. The van der Waals surface area contributed by atoms with Gasteiger partial charge in [-0.3, -0.25) is 4.79 Å². The topological polar surface area (TPSA) is 32.3 Å². The number of thioether (sulfide) groups is 1. The first-order valence-corrected chi connectivity index (χ1v) is 10.9. The van der Waals surface area contributed by atoms with Crippen molar-refractivity contribution in [1.82, 2.24) is 4.90 Å². The van der Waals surface area contributed by atoms with Crippen molar-refractivity contribution in [3.8, 4) is 0 Å². The van der Waals surface area contributed by atoms with Gasteiger partial charge in [0.05, 0.1) is 5.56 Å². The Kier molecular flexibility index (Phi) is 7.04. The van der Waals surface area contributed by atoms with Crippen LogP contribution < -0.4 is 5.32 Å². The van der Waals surface area contributed by atoms with Crippen molar-refractivity contribution < 1.29 is 4.79 Å². The summed E-state index contributed by atoms with van der Waals surface area (Å²) in [7, 11) is 0. The number of benzene rings is 2. The van der Waals surface area contributed by atoms with Crippen molar-refractivity contribution in [2.45, 2.75) is 6.42 Å². The minimum absolute atomic E-state index is 0.134. The number of rotatable bonds is 5. The molecule has 25 heavy (non-hydrogen) atoms. The molecule has 132 valence electrons. The van der Waals surface area contributed by atoms with Gasteiger partial charge in [0.15, 0.2) is 0 Å². The van der Waals surface area contributed by atoms with Crippen LogP contribution in [-0.2, 0) is 6.42 Å². The molecule has 0 radical (unpaired) electrons. The highest BCUT2D eigenvalue weighted by Crippen LogP contribution is 2.20. The molecule has 1 N–H and O–H groups in total. The summed E-state index contributed by atoms with van der Waals surface area (Å²) in [6.07, 6.45) is 1.05. The van der Waals surface area contributed by atoms with Crippen molar-refractivity contribution in [3.63, 3.8) is 0 Å². The number of anilines is 1. The first-order chi connectivity index (χ1) is 12.1. The Labute approximate surface area is 171 Å². The number of carbonyl (C=O) groups is 1. The van der Waals surface area contributed by atoms with Crippen LogP contribution in [0, 0.1) is 3.57 Å². The molecule has 0 spiro atoms. The molecule has 2 aromatic rings. The lowest BCUT2D eigenvalue weighted by Gasteiger charge is -2.26. The van der Waals surface area contributed by atoms with E-state index in [9.17, 15) is 4.79 Å². The molecule has 1 saturated heterocycles. The zero-order valence-electron chi connectivity index (χ0n) is 13.8. The highest BCUT2D eigenvalue weighted by atomic mass is 127. The molecule has 0 aromatic heterocycles. The summed E-state index contributed by atoms with van der Waals surface area (Å²) in [6.45, 7) is 3.49. The van der Waals surface area contributed by atoms with E-state index in [4.69, 9.17) is 11.6 Å². The molecule has 6 heteroatoms. The van der Waals surface area contributed by atoms with Crippen molar-refractivity contribution in [3.05, 3.63) is 62.2 Å². The second-order valence-corrected chi connectivity index (χ2v) is 8.80. The van der Waals surface area contributed by atoms with Gasteiger partial charge in [0, 0.05) is 45.4 Å². The van der Waals surface area contributed by atoms with Crippen LogP contribution in [0.3, 0.4) is 0 Å². The number of hydrogen-bond acceptors (Lipinski definition) is 3. The maximum absolute atomic E-state index is 12.4. The van der Waals surface area contributed by atoms with Gasteiger partial charge in [-0.05, 0) is 64.9 Å². The number of nitrogens with zero attached hydrogens (tertiary/aromatic N) is 1. The second kappa shape index (κ2) is 9.26. The number of hydrogen-bond donors (Lipinski definition) is 1. The molecule has 3 nitrogen and oxygen atoms in total. The highest BCUT2D eigenvalue weighted by Gasteiger charge is 2.12. The summed E-state index contributed by atoms with van der Waals surface area (Å²) in [4.78, 5) is 14.9. The zero-order valence-corrected chi connectivity index (χ0v) is 17.5. The van der Waals surface area contributed by atoms with Gasteiger partial charge in [0.2, 0.25) is 0 Å². The van der Waals surface area contributed by atoms with Crippen LogP contribution in [0.1, 0.15) is 15.9 Å². The number of amides is 1. The molecule has 1 aliphatic rings. The van der Waals surface area contributed by atoms with E-state index >= 15 is 0 Å². The SMILES string of the molecule is O=C(Nc1ccc(CCN2CCSCC2)cc1)c1cc(Cl)ccc1I. The Bertz CT molecular complexity index is 733. The third kappa shape index (κ3) is 5.61. The minimum Gasteiger partial charge on any atom is -0.322 e. The predicted octanol–water partition coefficient (Wildman–Crippen LogP) is 4.79. The lowest BCUT2D eigenvalue weighted by molar-refractivity contribution is 0.102. The molecule has 1 aliphatic heterocycles. The van der Waals surface area contributed by atoms with Crippen LogP contribution in [0.4, 0.5) is 5.69 Å². The van der Waals surface area contributed by atoms with Crippen LogP contribution >= 0.6 is 46.0 Å². The van der Waals surface area contributed by atoms with E-state index in [2.05, 4.69) is 44.9 Å². The largest absolute Gasteiger partial charge is 0.322 e. The molecule has 3 rings (SSSR count). The van der Waals surface area contributed by atoms with Gasteiger partial charge >= 0.3 is 0 Å². The Morgan fingerprint density at radius 1 is 1.16 bits per heavy atom. The predicted molar refractivity (Wildman–Crippen MR) is 116 cm³/mol. The minimum atomic E-state index is -0.134. The van der Waals surface area contributed by atoms with Gasteiger partial charge in [0.25, 0.3) is 5.91 Å². The Balaban J connectivity index is 1.56. The fraction of sp³-hybridized carbons (Fsp3) is 0.316. The first kappa shape index (κ1) is 19.0. The summed E-state index contributed by atoms with van der Waals surface area (Å²) in [5.41, 5.74) is 2.70. The van der Waals surface area contributed by atoms with Crippen molar-refractivity contribution in [2.24, 2.45) is 0 Å². The summed E-state index contributed by atoms with van der Waals surface area (Å²) >= 11 is 10.2. The second-order valence-electron chi connectivity index (χ2n) is 5.98. The average Bonchev–Trinajstić information content (AvgIpc) is 2.64. The normalized spacial score (nSPS) is 15.1. The molecule has 2 aromatic carbocycles. The van der Waals surface area contributed by atoms with Gasteiger partial charge in [-0.2, -0.15) is 11.8 Å². The molecular weight excluding hydrogens is 467 g/mol. The standard InChI is InChI=1S/C19H20ClIN2OS/c20-15-3-6-18(21)17(13-15)19(24)22-16-4-1-14(2-5-16)7-8-23-9-11-25-12-10-23/h1-6,13H,7-12H2,(H,22,24). The lowest BCUT2D eigenvalue weighted by atomic mass is 10.1. The highest BCUT2D eigenvalue weighted by molar-refractivity contribution is 14.1. The quantitative estimate of drug-likeness (QED) is 0.617. The molecule has 0 aliphatic carbocycles. The average molecular weight is 487 g/mol. The van der Waals surface area contributed by atoms with Crippen molar-refractivity contribution in [1.29, 1.82) is 0 Å². The van der Waals surface area contributed by atoms with Gasteiger partial charge in [-0.1, -0.05) is 23.7 Å². The smallest absolute Gasteiger partial charge is 0.256 e. The molecule has 1 amide bonds. The number of nitrogens with one attached hydrogen (secondary N) is 1. The van der Waals surface area contributed by atoms with Crippen molar-refractivity contribution in [2.75, 3.05) is 36.5 Å².